The lowest BCUT2D eigenvalue weighted by Crippen LogP contribution is -2.38. The van der Waals surface area contributed by atoms with Gasteiger partial charge in [-0.1, -0.05) is 13.8 Å². The summed E-state index contributed by atoms with van der Waals surface area (Å²) in [6, 6.07) is 4.90. The normalized spacial score (nSPS) is 11.9. The molecule has 1 aromatic carbocycles. The molecule has 5 nitrogen and oxygen atoms in total. The summed E-state index contributed by atoms with van der Waals surface area (Å²) in [5.74, 6) is 1.02. The molecule has 0 aromatic heterocycles. The zero-order chi connectivity index (χ0) is 16.0. The highest BCUT2D eigenvalue weighted by molar-refractivity contribution is 5.94. The van der Waals surface area contributed by atoms with Crippen molar-refractivity contribution >= 4 is 11.7 Å². The van der Waals surface area contributed by atoms with Crippen LogP contribution in [0.1, 0.15) is 38.1 Å². The van der Waals surface area contributed by atoms with Gasteiger partial charge < -0.3 is 14.8 Å². The standard InChI is InChI=1S/C16H23NO4/c1-10(2)9-17-16(19)12(4)21-14-7-6-13(11(3)18)8-15(14)20-5/h6-8,10,12H,9H2,1-5H3,(H,17,19)/t12-/m0/s1. The molecule has 1 N–H and O–H groups in total. The summed E-state index contributed by atoms with van der Waals surface area (Å²) in [6.45, 7) is 7.81. The van der Waals surface area contributed by atoms with Crippen LogP contribution in [0.5, 0.6) is 11.5 Å². The van der Waals surface area contributed by atoms with Crippen LogP contribution < -0.4 is 14.8 Å². The molecule has 1 rings (SSSR count). The fourth-order valence-corrected chi connectivity index (χ4v) is 1.68. The molecule has 0 heterocycles. The van der Waals surface area contributed by atoms with Crippen LogP contribution in [-0.4, -0.2) is 31.4 Å². The Morgan fingerprint density at radius 2 is 1.86 bits per heavy atom. The highest BCUT2D eigenvalue weighted by Crippen LogP contribution is 2.29. The molecule has 0 spiro atoms. The van der Waals surface area contributed by atoms with Crippen LogP contribution in [0.2, 0.25) is 0 Å². The van der Waals surface area contributed by atoms with Gasteiger partial charge in [0.05, 0.1) is 7.11 Å². The fraction of sp³-hybridized carbons (Fsp3) is 0.500. The summed E-state index contributed by atoms with van der Waals surface area (Å²) >= 11 is 0. The van der Waals surface area contributed by atoms with E-state index in [1.54, 1.807) is 25.1 Å². The van der Waals surface area contributed by atoms with E-state index in [0.29, 0.717) is 29.5 Å². The molecule has 21 heavy (non-hydrogen) atoms. The molecule has 0 saturated carbocycles. The van der Waals surface area contributed by atoms with Crippen molar-refractivity contribution in [3.05, 3.63) is 23.8 Å². The van der Waals surface area contributed by atoms with Gasteiger partial charge in [-0.3, -0.25) is 9.59 Å². The number of hydrogen-bond acceptors (Lipinski definition) is 4. The zero-order valence-corrected chi connectivity index (χ0v) is 13.2. The van der Waals surface area contributed by atoms with Gasteiger partial charge in [-0.15, -0.1) is 0 Å². The largest absolute Gasteiger partial charge is 0.493 e. The Kier molecular flexibility index (Phi) is 6.21. The Hall–Kier alpha value is -2.04. The van der Waals surface area contributed by atoms with Crippen LogP contribution >= 0.6 is 0 Å². The van der Waals surface area contributed by atoms with Gasteiger partial charge in [0.15, 0.2) is 23.4 Å². The number of Topliss-reactive ketones (excluding diaryl/α,β-unsaturated/α-hetero) is 1. The second-order valence-electron chi connectivity index (χ2n) is 5.32. The lowest BCUT2D eigenvalue weighted by atomic mass is 10.1. The second-order valence-corrected chi connectivity index (χ2v) is 5.32. The minimum absolute atomic E-state index is 0.0532. The first-order valence-corrected chi connectivity index (χ1v) is 6.98. The summed E-state index contributed by atoms with van der Waals surface area (Å²) in [4.78, 5) is 23.2. The fourth-order valence-electron chi connectivity index (χ4n) is 1.68. The molecule has 0 bridgehead atoms. The Morgan fingerprint density at radius 1 is 1.19 bits per heavy atom. The predicted octanol–water partition coefficient (Wildman–Crippen LogP) is 2.44. The Morgan fingerprint density at radius 3 is 2.38 bits per heavy atom. The second kappa shape index (κ2) is 7.67. The first kappa shape index (κ1) is 17.0. The van der Waals surface area contributed by atoms with E-state index < -0.39 is 6.10 Å². The summed E-state index contributed by atoms with van der Waals surface area (Å²) in [7, 11) is 1.50. The van der Waals surface area contributed by atoms with Crippen LogP contribution in [0, 0.1) is 5.92 Å². The van der Waals surface area contributed by atoms with Gasteiger partial charge in [0.25, 0.3) is 5.91 Å². The van der Waals surface area contributed by atoms with E-state index >= 15 is 0 Å². The van der Waals surface area contributed by atoms with Gasteiger partial charge in [0.1, 0.15) is 0 Å². The maximum Gasteiger partial charge on any atom is 0.260 e. The maximum absolute atomic E-state index is 11.9. The lowest BCUT2D eigenvalue weighted by Gasteiger charge is -2.17. The third-order valence-electron chi connectivity index (χ3n) is 2.93. The van der Waals surface area contributed by atoms with E-state index in [1.165, 1.54) is 14.0 Å². The number of rotatable bonds is 7. The first-order valence-electron chi connectivity index (χ1n) is 6.98. The predicted molar refractivity (Wildman–Crippen MR) is 80.9 cm³/mol. The summed E-state index contributed by atoms with van der Waals surface area (Å²) in [6.07, 6.45) is -0.638. The molecule has 1 atom stereocenters. The van der Waals surface area contributed by atoms with Crippen molar-refractivity contribution in [2.24, 2.45) is 5.92 Å². The number of ether oxygens (including phenoxy) is 2. The van der Waals surface area contributed by atoms with Gasteiger partial charge in [-0.25, -0.2) is 0 Å². The van der Waals surface area contributed by atoms with Gasteiger partial charge in [0, 0.05) is 12.1 Å². The van der Waals surface area contributed by atoms with Crippen LogP contribution in [-0.2, 0) is 4.79 Å². The molecule has 0 radical (unpaired) electrons. The molecule has 5 heteroatoms. The number of benzene rings is 1. The van der Waals surface area contributed by atoms with Crippen molar-refractivity contribution in [3.63, 3.8) is 0 Å². The van der Waals surface area contributed by atoms with Crippen molar-refractivity contribution in [2.75, 3.05) is 13.7 Å². The van der Waals surface area contributed by atoms with Gasteiger partial charge in [-0.05, 0) is 38.0 Å². The van der Waals surface area contributed by atoms with E-state index in [-0.39, 0.29) is 11.7 Å². The molecule has 0 aliphatic heterocycles. The highest BCUT2D eigenvalue weighted by atomic mass is 16.5. The number of amides is 1. The molecular weight excluding hydrogens is 270 g/mol. The molecular formula is C16H23NO4. The van der Waals surface area contributed by atoms with Crippen LogP contribution in [0.3, 0.4) is 0 Å². The van der Waals surface area contributed by atoms with Crippen LogP contribution in [0.4, 0.5) is 0 Å². The molecule has 0 saturated heterocycles. The van der Waals surface area contributed by atoms with Crippen molar-refractivity contribution in [2.45, 2.75) is 33.8 Å². The van der Waals surface area contributed by atoms with E-state index in [4.69, 9.17) is 9.47 Å². The van der Waals surface area contributed by atoms with Gasteiger partial charge in [-0.2, -0.15) is 0 Å². The topological polar surface area (TPSA) is 64.6 Å². The number of ketones is 1. The quantitative estimate of drug-likeness (QED) is 0.784. The van der Waals surface area contributed by atoms with Gasteiger partial charge in [0.2, 0.25) is 0 Å². The third-order valence-corrected chi connectivity index (χ3v) is 2.93. The smallest absolute Gasteiger partial charge is 0.260 e. The number of methoxy groups -OCH3 is 1. The monoisotopic (exact) mass is 293 g/mol. The molecule has 0 aliphatic rings. The minimum Gasteiger partial charge on any atom is -0.493 e. The summed E-state index contributed by atoms with van der Waals surface area (Å²) in [5.41, 5.74) is 0.538. The van der Waals surface area contributed by atoms with Crippen molar-refractivity contribution < 1.29 is 19.1 Å². The SMILES string of the molecule is COc1cc(C(C)=O)ccc1O[C@@H](C)C(=O)NCC(C)C. The molecule has 1 amide bonds. The van der Waals surface area contributed by atoms with Crippen LogP contribution in [0.15, 0.2) is 18.2 Å². The summed E-state index contributed by atoms with van der Waals surface area (Å²) in [5, 5.41) is 2.81. The lowest BCUT2D eigenvalue weighted by molar-refractivity contribution is -0.127. The molecule has 1 aromatic rings. The molecule has 0 unspecified atom stereocenters. The number of carbonyl (C=O) groups excluding carboxylic acids is 2. The number of nitrogens with one attached hydrogen (secondary N) is 1. The number of hydrogen-bond donors (Lipinski definition) is 1. The molecule has 0 fully saturated rings. The Balaban J connectivity index is 2.77. The Labute approximate surface area is 125 Å². The van der Waals surface area contributed by atoms with E-state index in [0.717, 1.165) is 0 Å². The van der Waals surface area contributed by atoms with Gasteiger partial charge >= 0.3 is 0 Å². The van der Waals surface area contributed by atoms with Crippen molar-refractivity contribution in [3.8, 4) is 11.5 Å². The molecule has 116 valence electrons. The van der Waals surface area contributed by atoms with E-state index in [2.05, 4.69) is 5.32 Å². The number of carbonyl (C=O) groups is 2. The summed E-state index contributed by atoms with van der Waals surface area (Å²) < 4.78 is 10.8. The third kappa shape index (κ3) is 5.10. The average molecular weight is 293 g/mol. The highest BCUT2D eigenvalue weighted by Gasteiger charge is 2.17. The van der Waals surface area contributed by atoms with Crippen molar-refractivity contribution in [1.82, 2.24) is 5.32 Å². The molecule has 0 aliphatic carbocycles. The van der Waals surface area contributed by atoms with Crippen LogP contribution in [0.25, 0.3) is 0 Å². The first-order chi connectivity index (χ1) is 9.85. The average Bonchev–Trinajstić information content (AvgIpc) is 2.44. The zero-order valence-electron chi connectivity index (χ0n) is 13.2. The minimum atomic E-state index is -0.638. The Bertz CT molecular complexity index is 511. The van der Waals surface area contributed by atoms with E-state index in [1.807, 2.05) is 13.8 Å². The van der Waals surface area contributed by atoms with Crippen molar-refractivity contribution in [1.29, 1.82) is 0 Å². The maximum atomic E-state index is 11.9. The van der Waals surface area contributed by atoms with E-state index in [9.17, 15) is 9.59 Å².